The van der Waals surface area contributed by atoms with E-state index in [2.05, 4.69) is 43.6 Å². The third-order valence-corrected chi connectivity index (χ3v) is 4.57. The topological polar surface area (TPSA) is 43.3 Å². The summed E-state index contributed by atoms with van der Waals surface area (Å²) >= 11 is 0. The fraction of sp³-hybridized carbons (Fsp3) is 0.526. The summed E-state index contributed by atoms with van der Waals surface area (Å²) in [4.78, 5) is 12.8. The van der Waals surface area contributed by atoms with Gasteiger partial charge in [0, 0.05) is 35.8 Å². The van der Waals surface area contributed by atoms with Crippen LogP contribution in [0.3, 0.4) is 0 Å². The van der Waals surface area contributed by atoms with E-state index in [0.717, 1.165) is 29.3 Å². The monoisotopic (exact) mass is 314 g/mol. The standard InChI is InChI=1S/C19H26N2O2/c1-13(2)21-12-16(15-7-5-6-8-17(15)21)18(22)20-14-9-10-23-19(3,4)11-14/h5-8,12-14H,9-11H2,1-4H3,(H,20,22)/t14-/m1/s1. The van der Waals surface area contributed by atoms with Crippen LogP contribution in [0, 0.1) is 0 Å². The zero-order chi connectivity index (χ0) is 16.6. The molecule has 0 bridgehead atoms. The van der Waals surface area contributed by atoms with Crippen molar-refractivity contribution in [2.45, 2.75) is 58.2 Å². The summed E-state index contributed by atoms with van der Waals surface area (Å²) in [5.41, 5.74) is 1.71. The highest BCUT2D eigenvalue weighted by Gasteiger charge is 2.30. The number of para-hydroxylation sites is 1. The van der Waals surface area contributed by atoms with Crippen LogP contribution in [-0.2, 0) is 4.74 Å². The molecule has 4 nitrogen and oxygen atoms in total. The number of aromatic nitrogens is 1. The lowest BCUT2D eigenvalue weighted by Crippen LogP contribution is -2.45. The van der Waals surface area contributed by atoms with E-state index in [4.69, 9.17) is 4.74 Å². The Balaban J connectivity index is 1.87. The molecule has 1 atom stereocenters. The van der Waals surface area contributed by atoms with E-state index < -0.39 is 0 Å². The minimum atomic E-state index is -0.165. The molecule has 23 heavy (non-hydrogen) atoms. The summed E-state index contributed by atoms with van der Waals surface area (Å²) < 4.78 is 7.90. The number of nitrogens with zero attached hydrogens (tertiary/aromatic N) is 1. The maximum atomic E-state index is 12.8. The van der Waals surface area contributed by atoms with Crippen molar-refractivity contribution < 1.29 is 9.53 Å². The quantitative estimate of drug-likeness (QED) is 0.933. The number of nitrogens with one attached hydrogen (secondary N) is 1. The van der Waals surface area contributed by atoms with Crippen LogP contribution in [0.25, 0.3) is 10.9 Å². The zero-order valence-electron chi connectivity index (χ0n) is 14.4. The van der Waals surface area contributed by atoms with Gasteiger partial charge in [0.15, 0.2) is 0 Å². The number of hydrogen-bond acceptors (Lipinski definition) is 2. The first-order chi connectivity index (χ1) is 10.9. The first-order valence-corrected chi connectivity index (χ1v) is 8.42. The minimum Gasteiger partial charge on any atom is -0.375 e. The Hall–Kier alpha value is -1.81. The van der Waals surface area contributed by atoms with Crippen LogP contribution in [0.15, 0.2) is 30.5 Å². The molecule has 2 heterocycles. The molecule has 0 aliphatic carbocycles. The van der Waals surface area contributed by atoms with Gasteiger partial charge in [-0.25, -0.2) is 0 Å². The van der Waals surface area contributed by atoms with Crippen molar-refractivity contribution in [1.82, 2.24) is 9.88 Å². The second kappa shape index (κ2) is 6.00. The van der Waals surface area contributed by atoms with Gasteiger partial charge in [0.05, 0.1) is 11.2 Å². The molecule has 0 unspecified atom stereocenters. The summed E-state index contributed by atoms with van der Waals surface area (Å²) in [6.45, 7) is 9.13. The van der Waals surface area contributed by atoms with Crippen LogP contribution in [0.5, 0.6) is 0 Å². The number of ether oxygens (including phenoxy) is 1. The van der Waals surface area contributed by atoms with Crippen molar-refractivity contribution in [1.29, 1.82) is 0 Å². The second-order valence-electron chi connectivity index (χ2n) is 7.33. The van der Waals surface area contributed by atoms with E-state index in [9.17, 15) is 4.79 Å². The van der Waals surface area contributed by atoms with Crippen molar-refractivity contribution in [2.75, 3.05) is 6.61 Å². The van der Waals surface area contributed by atoms with Gasteiger partial charge in [0.2, 0.25) is 0 Å². The molecule has 3 rings (SSSR count). The molecular weight excluding hydrogens is 288 g/mol. The van der Waals surface area contributed by atoms with Crippen LogP contribution in [-0.4, -0.2) is 28.7 Å². The third kappa shape index (κ3) is 3.27. The van der Waals surface area contributed by atoms with E-state index in [0.29, 0.717) is 12.6 Å². The van der Waals surface area contributed by atoms with Gasteiger partial charge in [0.1, 0.15) is 0 Å². The molecule has 1 aliphatic heterocycles. The molecule has 4 heteroatoms. The van der Waals surface area contributed by atoms with E-state index >= 15 is 0 Å². The van der Waals surface area contributed by atoms with Gasteiger partial charge in [0.25, 0.3) is 5.91 Å². The van der Waals surface area contributed by atoms with Crippen LogP contribution < -0.4 is 5.32 Å². The molecule has 0 radical (unpaired) electrons. The first-order valence-electron chi connectivity index (χ1n) is 8.42. The minimum absolute atomic E-state index is 0.0169. The Morgan fingerprint density at radius 3 is 2.78 bits per heavy atom. The maximum Gasteiger partial charge on any atom is 0.253 e. The lowest BCUT2D eigenvalue weighted by molar-refractivity contribution is -0.0615. The summed E-state index contributed by atoms with van der Waals surface area (Å²) in [6.07, 6.45) is 3.70. The lowest BCUT2D eigenvalue weighted by atomic mass is 9.94. The zero-order valence-corrected chi connectivity index (χ0v) is 14.4. The van der Waals surface area contributed by atoms with Gasteiger partial charge in [-0.1, -0.05) is 18.2 Å². The van der Waals surface area contributed by atoms with Gasteiger partial charge in [-0.2, -0.15) is 0 Å². The van der Waals surface area contributed by atoms with E-state index in [-0.39, 0.29) is 17.6 Å². The maximum absolute atomic E-state index is 12.8. The van der Waals surface area contributed by atoms with Crippen LogP contribution in [0.1, 0.15) is 56.9 Å². The normalized spacial score (nSPS) is 20.8. The molecule has 1 aliphatic rings. The van der Waals surface area contributed by atoms with Crippen molar-refractivity contribution in [2.24, 2.45) is 0 Å². The predicted molar refractivity (Wildman–Crippen MR) is 92.8 cm³/mol. The molecule has 2 aromatic rings. The highest BCUT2D eigenvalue weighted by atomic mass is 16.5. The smallest absolute Gasteiger partial charge is 0.253 e. The van der Waals surface area contributed by atoms with Crippen molar-refractivity contribution in [3.63, 3.8) is 0 Å². The SMILES string of the molecule is CC(C)n1cc(C(=O)N[C@@H]2CCOC(C)(C)C2)c2ccccc21. The van der Waals surface area contributed by atoms with E-state index in [1.54, 1.807) is 0 Å². The Morgan fingerprint density at radius 1 is 1.35 bits per heavy atom. The van der Waals surface area contributed by atoms with Gasteiger partial charge in [-0.05, 0) is 46.6 Å². The van der Waals surface area contributed by atoms with Gasteiger partial charge >= 0.3 is 0 Å². The number of fused-ring (bicyclic) bond motifs is 1. The summed E-state index contributed by atoms with van der Waals surface area (Å²) in [6, 6.07) is 8.60. The van der Waals surface area contributed by atoms with Gasteiger partial charge < -0.3 is 14.6 Å². The lowest BCUT2D eigenvalue weighted by Gasteiger charge is -2.35. The summed E-state index contributed by atoms with van der Waals surface area (Å²) in [5.74, 6) is 0.0169. The molecule has 0 saturated carbocycles. The third-order valence-electron chi connectivity index (χ3n) is 4.57. The molecule has 1 aromatic carbocycles. The second-order valence-corrected chi connectivity index (χ2v) is 7.33. The number of rotatable bonds is 3. The Labute approximate surface area is 137 Å². The Kier molecular flexibility index (Phi) is 4.19. The fourth-order valence-electron chi connectivity index (χ4n) is 3.43. The van der Waals surface area contributed by atoms with Crippen molar-refractivity contribution in [3.8, 4) is 0 Å². The average molecular weight is 314 g/mol. The van der Waals surface area contributed by atoms with Crippen LogP contribution in [0.2, 0.25) is 0 Å². The fourth-order valence-corrected chi connectivity index (χ4v) is 3.43. The average Bonchev–Trinajstić information content (AvgIpc) is 2.86. The van der Waals surface area contributed by atoms with Gasteiger partial charge in [-0.3, -0.25) is 4.79 Å². The molecule has 1 fully saturated rings. The Morgan fingerprint density at radius 2 is 2.09 bits per heavy atom. The number of benzene rings is 1. The van der Waals surface area contributed by atoms with Crippen molar-refractivity contribution in [3.05, 3.63) is 36.0 Å². The highest BCUT2D eigenvalue weighted by Crippen LogP contribution is 2.27. The van der Waals surface area contributed by atoms with E-state index in [1.165, 1.54) is 0 Å². The van der Waals surface area contributed by atoms with Gasteiger partial charge in [-0.15, -0.1) is 0 Å². The van der Waals surface area contributed by atoms with Crippen LogP contribution >= 0.6 is 0 Å². The number of hydrogen-bond donors (Lipinski definition) is 1. The van der Waals surface area contributed by atoms with Crippen LogP contribution in [0.4, 0.5) is 0 Å². The number of amides is 1. The molecule has 1 amide bonds. The molecular formula is C19H26N2O2. The van der Waals surface area contributed by atoms with Crippen molar-refractivity contribution >= 4 is 16.8 Å². The summed E-state index contributed by atoms with van der Waals surface area (Å²) in [7, 11) is 0. The number of carbonyl (C=O) groups is 1. The molecule has 1 N–H and O–H groups in total. The molecule has 0 spiro atoms. The molecule has 1 aromatic heterocycles. The number of carbonyl (C=O) groups excluding carboxylic acids is 1. The summed E-state index contributed by atoms with van der Waals surface area (Å²) in [5, 5.41) is 4.22. The highest BCUT2D eigenvalue weighted by molar-refractivity contribution is 6.07. The largest absolute Gasteiger partial charge is 0.375 e. The first kappa shape index (κ1) is 16.1. The predicted octanol–water partition coefficient (Wildman–Crippen LogP) is 3.91. The van der Waals surface area contributed by atoms with E-state index in [1.807, 2.05) is 24.4 Å². The molecule has 124 valence electrons. The Bertz CT molecular complexity index is 715. The molecule has 1 saturated heterocycles.